The molecule has 1 heterocycles. The van der Waals surface area contributed by atoms with E-state index in [2.05, 4.69) is 0 Å². The maximum atomic E-state index is 13.4. The average molecular weight is 291 g/mol. The Morgan fingerprint density at radius 1 is 1.33 bits per heavy atom. The topological polar surface area (TPSA) is 57.6 Å². The maximum Gasteiger partial charge on any atom is 0.326 e. The predicted octanol–water partition coefficient (Wildman–Crippen LogP) is 2.46. The van der Waals surface area contributed by atoms with Crippen LogP contribution in [0.4, 0.5) is 4.39 Å². The summed E-state index contributed by atoms with van der Waals surface area (Å²) in [5.41, 5.74) is 0.934. The Hall–Kier alpha value is -1.91. The van der Waals surface area contributed by atoms with Gasteiger partial charge in [0.15, 0.2) is 0 Å². The lowest BCUT2D eigenvalue weighted by Gasteiger charge is -2.25. The quantitative estimate of drug-likeness (QED) is 0.910. The summed E-state index contributed by atoms with van der Waals surface area (Å²) in [6.07, 6.45) is 2.86. The first-order valence-corrected chi connectivity index (χ1v) is 7.29. The van der Waals surface area contributed by atoms with Gasteiger partial charge in [0.1, 0.15) is 11.9 Å². The molecule has 3 rings (SSSR count). The number of nitrogens with zero attached hydrogens (tertiary/aromatic N) is 1. The van der Waals surface area contributed by atoms with Gasteiger partial charge in [-0.3, -0.25) is 4.79 Å². The number of benzene rings is 1. The summed E-state index contributed by atoms with van der Waals surface area (Å²) in [5, 5.41) is 9.48. The molecular weight excluding hydrogens is 273 g/mol. The number of fused-ring (bicyclic) bond motifs is 1. The van der Waals surface area contributed by atoms with Gasteiger partial charge in [-0.15, -0.1) is 0 Å². The molecule has 112 valence electrons. The Labute approximate surface area is 122 Å². The van der Waals surface area contributed by atoms with Gasteiger partial charge in [-0.2, -0.15) is 0 Å². The minimum atomic E-state index is -0.952. The van der Waals surface area contributed by atoms with Gasteiger partial charge in [-0.05, 0) is 49.3 Å². The lowest BCUT2D eigenvalue weighted by Crippen LogP contribution is -2.43. The second kappa shape index (κ2) is 5.13. The zero-order chi connectivity index (χ0) is 15.1. The van der Waals surface area contributed by atoms with Crippen LogP contribution in [0.3, 0.4) is 0 Å². The minimum absolute atomic E-state index is 0.0420. The number of aliphatic carboxylic acids is 1. The van der Waals surface area contributed by atoms with Crippen LogP contribution in [0.5, 0.6) is 0 Å². The number of rotatable bonds is 2. The van der Waals surface area contributed by atoms with E-state index in [1.54, 1.807) is 13.0 Å². The molecule has 5 heteroatoms. The Morgan fingerprint density at radius 2 is 2.10 bits per heavy atom. The van der Waals surface area contributed by atoms with E-state index in [4.69, 9.17) is 0 Å². The van der Waals surface area contributed by atoms with Crippen molar-refractivity contribution in [2.45, 2.75) is 32.2 Å². The van der Waals surface area contributed by atoms with E-state index in [1.165, 1.54) is 17.0 Å². The number of hydrogen-bond acceptors (Lipinski definition) is 2. The number of aryl methyl sites for hydroxylation is 1. The Morgan fingerprint density at radius 3 is 2.81 bits per heavy atom. The summed E-state index contributed by atoms with van der Waals surface area (Å²) >= 11 is 0. The number of likely N-dealkylation sites (tertiary alicyclic amines) is 1. The van der Waals surface area contributed by atoms with Gasteiger partial charge < -0.3 is 10.0 Å². The van der Waals surface area contributed by atoms with Crippen molar-refractivity contribution in [1.82, 2.24) is 4.90 Å². The molecule has 1 saturated heterocycles. The molecule has 3 unspecified atom stereocenters. The molecule has 3 atom stereocenters. The monoisotopic (exact) mass is 291 g/mol. The summed E-state index contributed by atoms with van der Waals surface area (Å²) in [6, 6.07) is 3.28. The number of carbonyl (C=O) groups excluding carboxylic acids is 1. The second-order valence-corrected chi connectivity index (χ2v) is 6.05. The third-order valence-corrected chi connectivity index (χ3v) is 4.83. The third kappa shape index (κ3) is 2.30. The van der Waals surface area contributed by atoms with E-state index in [1.807, 2.05) is 0 Å². The van der Waals surface area contributed by atoms with Gasteiger partial charge in [0.05, 0.1) is 0 Å². The second-order valence-electron chi connectivity index (χ2n) is 6.05. The SMILES string of the molecule is Cc1ccc(F)cc1C(=O)N1CC2CCCC2C1C(=O)O. The van der Waals surface area contributed by atoms with Crippen LogP contribution in [0.25, 0.3) is 0 Å². The van der Waals surface area contributed by atoms with Gasteiger partial charge in [-0.1, -0.05) is 12.5 Å². The third-order valence-electron chi connectivity index (χ3n) is 4.83. The molecule has 1 saturated carbocycles. The summed E-state index contributed by atoms with van der Waals surface area (Å²) < 4.78 is 13.4. The Bertz CT molecular complexity index is 601. The van der Waals surface area contributed by atoms with Crippen LogP contribution in [0.15, 0.2) is 18.2 Å². The van der Waals surface area contributed by atoms with Crippen LogP contribution in [0.1, 0.15) is 35.2 Å². The Kier molecular flexibility index (Phi) is 3.43. The summed E-state index contributed by atoms with van der Waals surface area (Å²) in [5.74, 6) is -1.49. The molecule has 1 aliphatic heterocycles. The molecule has 0 spiro atoms. The molecule has 4 nitrogen and oxygen atoms in total. The lowest BCUT2D eigenvalue weighted by atomic mass is 9.94. The highest BCUT2D eigenvalue weighted by Gasteiger charge is 2.49. The Balaban J connectivity index is 1.93. The van der Waals surface area contributed by atoms with Crippen molar-refractivity contribution >= 4 is 11.9 Å². The first kappa shape index (κ1) is 14.0. The van der Waals surface area contributed by atoms with Crippen LogP contribution < -0.4 is 0 Å². The zero-order valence-corrected chi connectivity index (χ0v) is 11.9. The first-order chi connectivity index (χ1) is 9.99. The van der Waals surface area contributed by atoms with Crippen LogP contribution in [0.2, 0.25) is 0 Å². The van der Waals surface area contributed by atoms with Crippen molar-refractivity contribution in [1.29, 1.82) is 0 Å². The smallest absolute Gasteiger partial charge is 0.326 e. The number of hydrogen-bond donors (Lipinski definition) is 1. The maximum absolute atomic E-state index is 13.4. The van der Waals surface area contributed by atoms with Gasteiger partial charge in [0.2, 0.25) is 0 Å². The van der Waals surface area contributed by atoms with Crippen LogP contribution in [-0.2, 0) is 4.79 Å². The van der Waals surface area contributed by atoms with Gasteiger partial charge in [0.25, 0.3) is 5.91 Å². The van der Waals surface area contributed by atoms with Crippen molar-refractivity contribution in [3.63, 3.8) is 0 Å². The molecule has 1 aromatic rings. The highest BCUT2D eigenvalue weighted by Crippen LogP contribution is 2.42. The summed E-state index contributed by atoms with van der Waals surface area (Å²) in [6.45, 7) is 2.20. The first-order valence-electron chi connectivity index (χ1n) is 7.29. The van der Waals surface area contributed by atoms with Crippen molar-refractivity contribution in [3.05, 3.63) is 35.1 Å². The van der Waals surface area contributed by atoms with Crippen LogP contribution in [0, 0.1) is 24.6 Å². The number of carbonyl (C=O) groups is 2. The number of carboxylic acids is 1. The molecule has 2 aliphatic rings. The van der Waals surface area contributed by atoms with Crippen LogP contribution >= 0.6 is 0 Å². The van der Waals surface area contributed by atoms with Crippen molar-refractivity contribution < 1.29 is 19.1 Å². The molecule has 1 amide bonds. The van der Waals surface area contributed by atoms with Crippen molar-refractivity contribution in [2.24, 2.45) is 11.8 Å². The number of amides is 1. The molecule has 0 aromatic heterocycles. The van der Waals surface area contributed by atoms with Gasteiger partial charge >= 0.3 is 5.97 Å². The van der Waals surface area contributed by atoms with E-state index in [0.29, 0.717) is 12.1 Å². The fourth-order valence-corrected chi connectivity index (χ4v) is 3.81. The fourth-order valence-electron chi connectivity index (χ4n) is 3.81. The lowest BCUT2D eigenvalue weighted by molar-refractivity contribution is -0.142. The van der Waals surface area contributed by atoms with Crippen molar-refractivity contribution in [2.75, 3.05) is 6.54 Å². The standard InChI is InChI=1S/C16H18FNO3/c1-9-5-6-11(17)7-13(9)15(19)18-8-10-3-2-4-12(10)14(18)16(20)21/h5-7,10,12,14H,2-4,8H2,1H3,(H,20,21). The molecule has 21 heavy (non-hydrogen) atoms. The predicted molar refractivity (Wildman–Crippen MR) is 74.4 cm³/mol. The molecule has 1 N–H and O–H groups in total. The highest BCUT2D eigenvalue weighted by molar-refractivity contribution is 5.98. The van der Waals surface area contributed by atoms with E-state index in [9.17, 15) is 19.1 Å². The van der Waals surface area contributed by atoms with Gasteiger partial charge in [0, 0.05) is 12.1 Å². The number of carboxylic acid groups (broad SMARTS) is 1. The molecule has 1 aromatic carbocycles. The minimum Gasteiger partial charge on any atom is -0.480 e. The zero-order valence-electron chi connectivity index (χ0n) is 11.9. The molecule has 2 fully saturated rings. The van der Waals surface area contributed by atoms with E-state index in [0.717, 1.165) is 19.3 Å². The average Bonchev–Trinajstić information content (AvgIpc) is 3.00. The molecule has 0 radical (unpaired) electrons. The van der Waals surface area contributed by atoms with E-state index >= 15 is 0 Å². The highest BCUT2D eigenvalue weighted by atomic mass is 19.1. The number of halogens is 1. The fraction of sp³-hybridized carbons (Fsp3) is 0.500. The summed E-state index contributed by atoms with van der Waals surface area (Å²) in [7, 11) is 0. The molecular formula is C16H18FNO3. The molecule has 0 bridgehead atoms. The van der Waals surface area contributed by atoms with Crippen molar-refractivity contribution in [3.8, 4) is 0 Å². The summed E-state index contributed by atoms with van der Waals surface area (Å²) in [4.78, 5) is 25.7. The normalized spacial score (nSPS) is 27.7. The van der Waals surface area contributed by atoms with Gasteiger partial charge in [-0.25, -0.2) is 9.18 Å². The van der Waals surface area contributed by atoms with E-state index in [-0.39, 0.29) is 23.3 Å². The largest absolute Gasteiger partial charge is 0.480 e. The van der Waals surface area contributed by atoms with E-state index < -0.39 is 17.8 Å². The molecule has 1 aliphatic carbocycles. The van der Waals surface area contributed by atoms with Crippen LogP contribution in [-0.4, -0.2) is 34.5 Å².